The fourth-order valence-corrected chi connectivity index (χ4v) is 6.51. The van der Waals surface area contributed by atoms with Crippen LogP contribution >= 0.6 is 11.6 Å². The lowest BCUT2D eigenvalue weighted by atomic mass is 9.63. The number of halogens is 1. The van der Waals surface area contributed by atoms with Gasteiger partial charge in [-0.1, -0.05) is 30.7 Å². The summed E-state index contributed by atoms with van der Waals surface area (Å²) in [6.07, 6.45) is 5.34. The maximum Gasteiger partial charge on any atom is 0.407 e. The van der Waals surface area contributed by atoms with Crippen LogP contribution in [-0.2, 0) is 20.0 Å². The first-order chi connectivity index (χ1) is 18.7. The summed E-state index contributed by atoms with van der Waals surface area (Å²) in [6, 6.07) is 11.9. The van der Waals surface area contributed by atoms with Gasteiger partial charge < -0.3 is 19.8 Å². The minimum atomic E-state index is -3.42. The Kier molecular flexibility index (Phi) is 8.57. The van der Waals surface area contributed by atoms with Gasteiger partial charge in [0, 0.05) is 29.3 Å². The number of nitrogens with one attached hydrogen (secondary N) is 2. The van der Waals surface area contributed by atoms with Crippen LogP contribution in [0, 0.1) is 0 Å². The second-order valence-corrected chi connectivity index (χ2v) is 14.0. The molecule has 1 aliphatic rings. The number of aromatic amines is 1. The fourth-order valence-electron chi connectivity index (χ4n) is 5.64. The van der Waals surface area contributed by atoms with Crippen LogP contribution in [0.5, 0.6) is 5.75 Å². The Labute approximate surface area is 240 Å². The number of hydrogen-bond acceptors (Lipinski definition) is 6. The zero-order valence-corrected chi connectivity index (χ0v) is 25.1. The molecule has 10 heteroatoms. The largest absolute Gasteiger partial charge is 0.489 e. The normalized spacial score (nSPS) is 20.6. The average Bonchev–Trinajstić information content (AvgIpc) is 2.87. The van der Waals surface area contributed by atoms with Gasteiger partial charge in [0.15, 0.2) is 9.84 Å². The highest BCUT2D eigenvalue weighted by atomic mass is 35.5. The Morgan fingerprint density at radius 1 is 1.18 bits per heavy atom. The van der Waals surface area contributed by atoms with Crippen molar-refractivity contribution in [3.8, 4) is 5.75 Å². The first-order valence-electron chi connectivity index (χ1n) is 13.5. The van der Waals surface area contributed by atoms with Crippen molar-refractivity contribution in [3.05, 3.63) is 69.6 Å². The number of carbonyl (C=O) groups is 1. The molecule has 3 aromatic rings. The summed E-state index contributed by atoms with van der Waals surface area (Å²) in [5.74, 6) is 0.510. The van der Waals surface area contributed by atoms with Crippen LogP contribution in [-0.4, -0.2) is 43.5 Å². The number of aromatic nitrogens is 1. The highest BCUT2D eigenvalue weighted by Crippen LogP contribution is 2.45. The van der Waals surface area contributed by atoms with Crippen LogP contribution < -0.4 is 15.6 Å². The molecule has 216 valence electrons. The van der Waals surface area contributed by atoms with Gasteiger partial charge in [-0.05, 0) is 94.2 Å². The molecule has 0 aliphatic heterocycles. The van der Waals surface area contributed by atoms with Crippen molar-refractivity contribution in [3.63, 3.8) is 0 Å². The lowest BCUT2D eigenvalue weighted by molar-refractivity contribution is 0.0423. The van der Waals surface area contributed by atoms with Gasteiger partial charge >= 0.3 is 6.09 Å². The van der Waals surface area contributed by atoms with E-state index in [1.165, 1.54) is 6.26 Å². The molecule has 0 spiro atoms. The minimum Gasteiger partial charge on any atom is -0.489 e. The van der Waals surface area contributed by atoms with Gasteiger partial charge in [0.25, 0.3) is 5.56 Å². The molecule has 1 atom stereocenters. The second kappa shape index (κ2) is 11.4. The lowest BCUT2D eigenvalue weighted by Gasteiger charge is -2.46. The quantitative estimate of drug-likeness (QED) is 0.342. The highest BCUT2D eigenvalue weighted by molar-refractivity contribution is 7.90. The molecule has 1 fully saturated rings. The van der Waals surface area contributed by atoms with E-state index in [2.05, 4.69) is 10.3 Å². The van der Waals surface area contributed by atoms with Gasteiger partial charge in [0.1, 0.15) is 11.4 Å². The number of ether oxygens (including phenoxy) is 2. The number of rotatable bonds is 7. The number of fused-ring (bicyclic) bond motifs is 1. The molecule has 1 aromatic heterocycles. The first kappa shape index (κ1) is 29.9. The number of benzene rings is 2. The summed E-state index contributed by atoms with van der Waals surface area (Å²) in [5.41, 5.74) is -0.541. The number of pyridine rings is 1. The molecule has 2 N–H and O–H groups in total. The smallest absolute Gasteiger partial charge is 0.407 e. The maximum atomic E-state index is 12.9. The van der Waals surface area contributed by atoms with Crippen LogP contribution in [0.2, 0.25) is 5.02 Å². The molecular formula is C30H37ClN2O6S. The molecule has 8 nitrogen and oxygen atoms in total. The fraction of sp³-hybridized carbons (Fsp3) is 0.467. The summed E-state index contributed by atoms with van der Waals surface area (Å²) in [6.45, 7) is 7.45. The van der Waals surface area contributed by atoms with Crippen molar-refractivity contribution >= 4 is 38.3 Å². The molecule has 40 heavy (non-hydrogen) atoms. The number of amides is 1. The number of hydrogen-bond donors (Lipinski definition) is 2. The molecule has 2 aromatic carbocycles. The van der Waals surface area contributed by atoms with Crippen LogP contribution in [0.3, 0.4) is 0 Å². The van der Waals surface area contributed by atoms with Crippen LogP contribution in [0.15, 0.2) is 58.4 Å². The second-order valence-electron chi connectivity index (χ2n) is 11.6. The molecule has 0 bridgehead atoms. The Balaban J connectivity index is 1.64. The molecular weight excluding hydrogens is 552 g/mol. The van der Waals surface area contributed by atoms with Crippen molar-refractivity contribution in [2.75, 3.05) is 6.26 Å². The zero-order valence-electron chi connectivity index (χ0n) is 23.5. The summed E-state index contributed by atoms with van der Waals surface area (Å²) in [7, 11) is -3.42. The number of alkyl carbamates (subject to hydrolysis) is 1. The molecule has 1 heterocycles. The first-order valence-corrected chi connectivity index (χ1v) is 15.8. The van der Waals surface area contributed by atoms with Gasteiger partial charge in [-0.3, -0.25) is 4.79 Å². The Hall–Kier alpha value is -3.04. The Morgan fingerprint density at radius 3 is 2.50 bits per heavy atom. The summed E-state index contributed by atoms with van der Waals surface area (Å²) in [4.78, 5) is 27.9. The molecule has 1 saturated carbocycles. The SMILES string of the molecule is CCC(NC(=O)OC(C)(C)C)[C@]1(c2cccc(S(C)(=O)=O)c2)CC[C@H](Oc2cc3cc[nH]c(=O)c3cc2Cl)CC1. The van der Waals surface area contributed by atoms with Crippen LogP contribution in [0.1, 0.15) is 65.4 Å². The summed E-state index contributed by atoms with van der Waals surface area (Å²) in [5, 5.41) is 4.67. The van der Waals surface area contributed by atoms with Crippen LogP contribution in [0.4, 0.5) is 4.79 Å². The summed E-state index contributed by atoms with van der Waals surface area (Å²) >= 11 is 6.49. The van der Waals surface area contributed by atoms with E-state index in [1.807, 2.05) is 33.8 Å². The molecule has 4 rings (SSSR count). The van der Waals surface area contributed by atoms with E-state index >= 15 is 0 Å². The molecule has 1 unspecified atom stereocenters. The maximum absolute atomic E-state index is 12.9. The van der Waals surface area contributed by atoms with Gasteiger partial charge in [-0.2, -0.15) is 0 Å². The van der Waals surface area contributed by atoms with Gasteiger partial charge in [0.2, 0.25) is 0 Å². The standard InChI is InChI=1S/C30H37ClN2O6S/c1-6-26(33-28(35)39-29(2,3)4)30(20-8-7-9-22(17-20)40(5,36)37)13-10-21(11-14-30)38-25-16-19-12-15-32-27(34)23(19)18-24(25)31/h7-9,12,15-18,21,26H,6,10-11,13-14H2,1-5H3,(H,32,34)(H,33,35)/t21-,26?,30+. The van der Waals surface area contributed by atoms with Crippen molar-refractivity contribution in [2.45, 2.75) is 87.9 Å². The third-order valence-electron chi connectivity index (χ3n) is 7.55. The Bertz CT molecular complexity index is 1550. The zero-order chi connectivity index (χ0) is 29.3. The third-order valence-corrected chi connectivity index (χ3v) is 8.95. The molecule has 0 saturated heterocycles. The topological polar surface area (TPSA) is 115 Å². The number of H-pyrrole nitrogens is 1. The third kappa shape index (κ3) is 6.63. The molecule has 1 aliphatic carbocycles. The van der Waals surface area contributed by atoms with Crippen molar-refractivity contribution in [1.29, 1.82) is 0 Å². The predicted octanol–water partition coefficient (Wildman–Crippen LogP) is 6.15. The van der Waals surface area contributed by atoms with Gasteiger partial charge in [-0.25, -0.2) is 13.2 Å². The van der Waals surface area contributed by atoms with Crippen molar-refractivity contribution in [2.24, 2.45) is 0 Å². The summed E-state index contributed by atoms with van der Waals surface area (Å²) < 4.78 is 36.7. The molecule has 1 amide bonds. The Morgan fingerprint density at radius 2 is 1.88 bits per heavy atom. The van der Waals surface area contributed by atoms with E-state index in [-0.39, 0.29) is 22.6 Å². The van der Waals surface area contributed by atoms with E-state index in [1.54, 1.807) is 42.6 Å². The van der Waals surface area contributed by atoms with Gasteiger partial charge in [0.05, 0.1) is 16.0 Å². The van der Waals surface area contributed by atoms with E-state index in [9.17, 15) is 18.0 Å². The monoisotopic (exact) mass is 588 g/mol. The van der Waals surface area contributed by atoms with E-state index in [0.717, 1.165) is 10.9 Å². The van der Waals surface area contributed by atoms with E-state index in [0.29, 0.717) is 48.3 Å². The van der Waals surface area contributed by atoms with Crippen LogP contribution in [0.25, 0.3) is 10.8 Å². The van der Waals surface area contributed by atoms with Crippen molar-refractivity contribution < 1.29 is 22.7 Å². The van der Waals surface area contributed by atoms with E-state index in [4.69, 9.17) is 21.1 Å². The lowest BCUT2D eigenvalue weighted by Crippen LogP contribution is -2.53. The number of carbonyl (C=O) groups excluding carboxylic acids is 1. The predicted molar refractivity (Wildman–Crippen MR) is 157 cm³/mol. The average molecular weight is 589 g/mol. The number of sulfone groups is 1. The highest BCUT2D eigenvalue weighted by Gasteiger charge is 2.44. The van der Waals surface area contributed by atoms with E-state index < -0.39 is 26.9 Å². The van der Waals surface area contributed by atoms with Gasteiger partial charge in [-0.15, -0.1) is 0 Å². The molecule has 0 radical (unpaired) electrons. The minimum absolute atomic E-state index is 0.151. The van der Waals surface area contributed by atoms with Crippen molar-refractivity contribution in [1.82, 2.24) is 10.3 Å².